The minimum atomic E-state index is -4.31. The molecule has 0 bridgehead atoms. The summed E-state index contributed by atoms with van der Waals surface area (Å²) in [4.78, 5) is 28.4. The van der Waals surface area contributed by atoms with Gasteiger partial charge in [-0.1, -0.05) is 13.8 Å². The smallest absolute Gasteiger partial charge is 0.253 e. The standard InChI is InChI=1S/C31H44F2N4O6S/c1-5-9-37(10-6-2)30(41)22-14-21(15-26(16-22)44(42,43)36-31(3,4)19-38)29(40)35-27(28(39)18-34-25-7-8-25)13-20-11-23(32)17-24(33)12-20/h11-12,14-17,25,27-28,34,36,38-39H,5-10,13,18-19H2,1-4H3,(H,35,40)/t27-,28+/m0/s1. The van der Waals surface area contributed by atoms with E-state index in [1.54, 1.807) is 4.90 Å². The SMILES string of the molecule is CCCN(CCC)C(=O)c1cc(C(=O)N[C@@H](Cc2cc(F)cc(F)c2)[C@H](O)CNC2CC2)cc(S(=O)(=O)NC(C)(C)CO)c1. The fourth-order valence-electron chi connectivity index (χ4n) is 4.74. The number of nitrogens with one attached hydrogen (secondary N) is 3. The Bertz CT molecular complexity index is 1390. The quantitative estimate of drug-likeness (QED) is 0.179. The highest BCUT2D eigenvalue weighted by Crippen LogP contribution is 2.22. The van der Waals surface area contributed by atoms with E-state index in [9.17, 15) is 37.0 Å². The molecule has 2 amide bonds. The number of benzene rings is 2. The van der Waals surface area contributed by atoms with Crippen LogP contribution in [0.15, 0.2) is 41.3 Å². The van der Waals surface area contributed by atoms with Gasteiger partial charge in [0, 0.05) is 42.9 Å². The van der Waals surface area contributed by atoms with E-state index in [1.165, 1.54) is 26.0 Å². The highest BCUT2D eigenvalue weighted by molar-refractivity contribution is 7.89. The van der Waals surface area contributed by atoms with E-state index >= 15 is 0 Å². The van der Waals surface area contributed by atoms with Crippen molar-refractivity contribution >= 4 is 21.8 Å². The summed E-state index contributed by atoms with van der Waals surface area (Å²) in [5.41, 5.74) is -1.22. The Morgan fingerprint density at radius 1 is 1.00 bits per heavy atom. The van der Waals surface area contributed by atoms with Gasteiger partial charge in [0.1, 0.15) is 11.6 Å². The van der Waals surface area contributed by atoms with Gasteiger partial charge in [-0.15, -0.1) is 0 Å². The molecule has 0 aliphatic heterocycles. The number of rotatable bonds is 17. The molecule has 1 fully saturated rings. The molecule has 13 heteroatoms. The highest BCUT2D eigenvalue weighted by Gasteiger charge is 2.30. The lowest BCUT2D eigenvalue weighted by Crippen LogP contribution is -2.49. The molecule has 1 aliphatic carbocycles. The Morgan fingerprint density at radius 3 is 2.14 bits per heavy atom. The van der Waals surface area contributed by atoms with Gasteiger partial charge in [0.2, 0.25) is 10.0 Å². The summed E-state index contributed by atoms with van der Waals surface area (Å²) in [5, 5.41) is 26.5. The van der Waals surface area contributed by atoms with Gasteiger partial charge >= 0.3 is 0 Å². The second kappa shape index (κ2) is 15.3. The molecule has 0 spiro atoms. The van der Waals surface area contributed by atoms with Gasteiger partial charge in [0.05, 0.1) is 29.2 Å². The third-order valence-electron chi connectivity index (χ3n) is 7.16. The van der Waals surface area contributed by atoms with Crippen LogP contribution in [0.25, 0.3) is 0 Å². The van der Waals surface area contributed by atoms with Crippen molar-refractivity contribution in [3.63, 3.8) is 0 Å². The fourth-order valence-corrected chi connectivity index (χ4v) is 6.21. The first-order valence-electron chi connectivity index (χ1n) is 14.9. The minimum absolute atomic E-state index is 0.0265. The highest BCUT2D eigenvalue weighted by atomic mass is 32.2. The Labute approximate surface area is 258 Å². The van der Waals surface area contributed by atoms with E-state index in [0.717, 1.165) is 37.1 Å². The molecule has 2 atom stereocenters. The van der Waals surface area contributed by atoms with Crippen LogP contribution in [0.2, 0.25) is 0 Å². The number of aliphatic hydroxyl groups excluding tert-OH is 2. The van der Waals surface area contributed by atoms with E-state index in [2.05, 4.69) is 15.4 Å². The van der Waals surface area contributed by atoms with Crippen molar-refractivity contribution in [2.24, 2.45) is 0 Å². The van der Waals surface area contributed by atoms with Gasteiger partial charge in [-0.2, -0.15) is 0 Å². The van der Waals surface area contributed by atoms with E-state index in [4.69, 9.17) is 0 Å². The molecule has 1 saturated carbocycles. The third kappa shape index (κ3) is 10.3. The molecule has 3 rings (SSSR count). The Kier molecular flexibility index (Phi) is 12.4. The molecule has 44 heavy (non-hydrogen) atoms. The minimum Gasteiger partial charge on any atom is -0.394 e. The van der Waals surface area contributed by atoms with Crippen LogP contribution in [-0.2, 0) is 16.4 Å². The lowest BCUT2D eigenvalue weighted by atomic mass is 9.99. The number of halogens is 2. The first kappa shape index (κ1) is 35.5. The zero-order valence-electron chi connectivity index (χ0n) is 25.7. The monoisotopic (exact) mass is 638 g/mol. The van der Waals surface area contributed by atoms with E-state index in [1.807, 2.05) is 13.8 Å². The second-order valence-corrected chi connectivity index (χ2v) is 13.7. The summed E-state index contributed by atoms with van der Waals surface area (Å²) in [6, 6.07) is 5.76. The predicted molar refractivity (Wildman–Crippen MR) is 163 cm³/mol. The average molecular weight is 639 g/mol. The Hall–Kier alpha value is -2.97. The number of amides is 2. The van der Waals surface area contributed by atoms with Crippen molar-refractivity contribution in [2.45, 2.75) is 88.4 Å². The van der Waals surface area contributed by atoms with Gasteiger partial charge in [-0.25, -0.2) is 21.9 Å². The maximum Gasteiger partial charge on any atom is 0.253 e. The largest absolute Gasteiger partial charge is 0.394 e. The number of carbonyl (C=O) groups is 2. The van der Waals surface area contributed by atoms with Gasteiger partial charge in [-0.3, -0.25) is 9.59 Å². The Morgan fingerprint density at radius 2 is 1.59 bits per heavy atom. The van der Waals surface area contributed by atoms with Crippen molar-refractivity contribution in [2.75, 3.05) is 26.2 Å². The van der Waals surface area contributed by atoms with Crippen molar-refractivity contribution < 1.29 is 37.0 Å². The van der Waals surface area contributed by atoms with Gasteiger partial charge in [-0.05, 0) is 81.8 Å². The predicted octanol–water partition coefficient (Wildman–Crippen LogP) is 2.73. The summed E-state index contributed by atoms with van der Waals surface area (Å²) in [6.07, 6.45) is 1.95. The van der Waals surface area contributed by atoms with Crippen LogP contribution in [0, 0.1) is 11.6 Å². The normalized spacial score (nSPS) is 15.1. The summed E-state index contributed by atoms with van der Waals surface area (Å²) >= 11 is 0. The molecule has 10 nitrogen and oxygen atoms in total. The van der Waals surface area contributed by atoms with Crippen molar-refractivity contribution in [1.29, 1.82) is 0 Å². The van der Waals surface area contributed by atoms with Crippen molar-refractivity contribution in [1.82, 2.24) is 20.3 Å². The number of nitrogens with zero attached hydrogens (tertiary/aromatic N) is 1. The van der Waals surface area contributed by atoms with Gasteiger partial charge in [0.25, 0.3) is 11.8 Å². The van der Waals surface area contributed by atoms with Gasteiger partial charge < -0.3 is 25.7 Å². The van der Waals surface area contributed by atoms with Crippen LogP contribution >= 0.6 is 0 Å². The number of hydrogen-bond acceptors (Lipinski definition) is 7. The topological polar surface area (TPSA) is 148 Å². The molecule has 0 saturated heterocycles. The van der Waals surface area contributed by atoms with Crippen LogP contribution < -0.4 is 15.4 Å². The van der Waals surface area contributed by atoms with Crippen LogP contribution in [0.3, 0.4) is 0 Å². The molecular formula is C31H44F2N4O6S. The number of sulfonamides is 1. The number of hydrogen-bond donors (Lipinski definition) is 5. The second-order valence-electron chi connectivity index (χ2n) is 12.0. The van der Waals surface area contributed by atoms with Crippen LogP contribution in [0.4, 0.5) is 8.78 Å². The maximum atomic E-state index is 13.9. The zero-order valence-corrected chi connectivity index (χ0v) is 26.5. The molecular weight excluding hydrogens is 594 g/mol. The summed E-state index contributed by atoms with van der Waals surface area (Å²) < 4.78 is 57.0. The maximum absolute atomic E-state index is 13.9. The third-order valence-corrected chi connectivity index (χ3v) is 8.84. The molecule has 0 aromatic heterocycles. The first-order chi connectivity index (χ1) is 20.7. The summed E-state index contributed by atoms with van der Waals surface area (Å²) in [5.74, 6) is -2.86. The molecule has 0 radical (unpaired) electrons. The van der Waals surface area contributed by atoms with E-state index < -0.39 is 57.8 Å². The van der Waals surface area contributed by atoms with Crippen LogP contribution in [-0.4, -0.2) is 85.3 Å². The van der Waals surface area contributed by atoms with E-state index in [-0.39, 0.29) is 40.6 Å². The zero-order chi connectivity index (χ0) is 32.7. The Balaban J connectivity index is 2.02. The lowest BCUT2D eigenvalue weighted by molar-refractivity contribution is 0.0755. The molecule has 0 heterocycles. The van der Waals surface area contributed by atoms with Crippen molar-refractivity contribution in [3.8, 4) is 0 Å². The molecule has 1 aliphatic rings. The molecule has 0 unspecified atom stereocenters. The van der Waals surface area contributed by atoms with Gasteiger partial charge in [0.15, 0.2) is 0 Å². The molecule has 2 aromatic carbocycles. The van der Waals surface area contributed by atoms with Crippen molar-refractivity contribution in [3.05, 3.63) is 64.7 Å². The number of carbonyl (C=O) groups excluding carboxylic acids is 2. The summed E-state index contributed by atoms with van der Waals surface area (Å²) in [6.45, 7) is 7.22. The fraction of sp³-hybridized carbons (Fsp3) is 0.548. The molecule has 2 aromatic rings. The molecule has 5 N–H and O–H groups in total. The molecule has 244 valence electrons. The summed E-state index contributed by atoms with van der Waals surface area (Å²) in [7, 11) is -4.31. The van der Waals surface area contributed by atoms with Crippen LogP contribution in [0.5, 0.6) is 0 Å². The first-order valence-corrected chi connectivity index (χ1v) is 16.4. The van der Waals surface area contributed by atoms with E-state index in [0.29, 0.717) is 25.9 Å². The number of aliphatic hydroxyl groups is 2. The lowest BCUT2D eigenvalue weighted by Gasteiger charge is -2.26. The van der Waals surface area contributed by atoms with Crippen LogP contribution in [0.1, 0.15) is 79.7 Å². The average Bonchev–Trinajstić information content (AvgIpc) is 3.78.